The average Bonchev–Trinajstić information content (AvgIpc) is 2.16. The van der Waals surface area contributed by atoms with Crippen molar-refractivity contribution in [3.05, 3.63) is 0 Å². The number of nitrogens with zero attached hydrogens (tertiary/aromatic N) is 1. The molecule has 1 heterocycles. The van der Waals surface area contributed by atoms with Crippen molar-refractivity contribution in [1.82, 2.24) is 4.90 Å². The quantitative estimate of drug-likeness (QED) is 0.521. The smallest absolute Gasteiger partial charge is 0.271 e. The Kier molecular flexibility index (Phi) is 3.58. The van der Waals surface area contributed by atoms with Crippen molar-refractivity contribution >= 4 is 0 Å². The normalized spacial score (nSPS) is 26.0. The lowest BCUT2D eigenvalue weighted by molar-refractivity contribution is -0.262. The fourth-order valence-electron chi connectivity index (χ4n) is 1.62. The standard InChI is InChI=1S/C9H14F5N/c1-8(11,9(12,13)14)7(10)15-5-3-2-4-6-15/h7H,2-6H2,1H3. The monoisotopic (exact) mass is 231 g/mol. The third-order valence-corrected chi connectivity index (χ3v) is 2.71. The van der Waals surface area contributed by atoms with E-state index in [1.165, 1.54) is 0 Å². The number of likely N-dealkylation sites (tertiary alicyclic amines) is 1. The molecule has 1 aliphatic heterocycles. The Labute approximate surface area is 85.2 Å². The maximum absolute atomic E-state index is 13.4. The first-order valence-electron chi connectivity index (χ1n) is 4.90. The molecule has 6 heteroatoms. The van der Waals surface area contributed by atoms with Gasteiger partial charge in [0.2, 0.25) is 5.67 Å². The molecule has 15 heavy (non-hydrogen) atoms. The zero-order valence-corrected chi connectivity index (χ0v) is 8.45. The van der Waals surface area contributed by atoms with Crippen molar-refractivity contribution in [2.24, 2.45) is 0 Å². The van der Waals surface area contributed by atoms with Crippen molar-refractivity contribution in [2.75, 3.05) is 13.1 Å². The second kappa shape index (κ2) is 4.23. The van der Waals surface area contributed by atoms with Crippen molar-refractivity contribution < 1.29 is 22.0 Å². The molecule has 1 rings (SSSR count). The molecule has 2 atom stereocenters. The van der Waals surface area contributed by atoms with Crippen molar-refractivity contribution in [2.45, 2.75) is 44.3 Å². The molecule has 1 saturated heterocycles. The van der Waals surface area contributed by atoms with Crippen LogP contribution in [0, 0.1) is 0 Å². The van der Waals surface area contributed by atoms with E-state index in [0.29, 0.717) is 12.8 Å². The van der Waals surface area contributed by atoms with Crippen molar-refractivity contribution in [1.29, 1.82) is 0 Å². The summed E-state index contributed by atoms with van der Waals surface area (Å²) < 4.78 is 63.2. The van der Waals surface area contributed by atoms with E-state index >= 15 is 0 Å². The van der Waals surface area contributed by atoms with Gasteiger partial charge in [0.05, 0.1) is 0 Å². The van der Waals surface area contributed by atoms with E-state index in [4.69, 9.17) is 0 Å². The zero-order valence-electron chi connectivity index (χ0n) is 8.45. The lowest BCUT2D eigenvalue weighted by atomic mass is 10.0. The van der Waals surface area contributed by atoms with Crippen molar-refractivity contribution in [3.8, 4) is 0 Å². The zero-order chi connectivity index (χ0) is 11.7. The van der Waals surface area contributed by atoms with Crippen LogP contribution >= 0.6 is 0 Å². The van der Waals surface area contributed by atoms with Gasteiger partial charge < -0.3 is 0 Å². The maximum Gasteiger partial charge on any atom is 0.426 e. The van der Waals surface area contributed by atoms with Crippen LogP contribution in [0.4, 0.5) is 22.0 Å². The topological polar surface area (TPSA) is 3.24 Å². The van der Waals surface area contributed by atoms with Crippen LogP contribution in [-0.2, 0) is 0 Å². The lowest BCUT2D eigenvalue weighted by Gasteiger charge is -2.36. The summed E-state index contributed by atoms with van der Waals surface area (Å²) in [5.41, 5.74) is -3.79. The van der Waals surface area contributed by atoms with Gasteiger partial charge in [0.25, 0.3) is 0 Å². The summed E-state index contributed by atoms with van der Waals surface area (Å²) in [6.45, 7) is 0.639. The Hall–Kier alpha value is -0.390. The minimum absolute atomic E-state index is 0.191. The average molecular weight is 231 g/mol. The van der Waals surface area contributed by atoms with Gasteiger partial charge in [-0.05, 0) is 19.8 Å². The van der Waals surface area contributed by atoms with Gasteiger partial charge in [0.1, 0.15) is 0 Å². The summed E-state index contributed by atoms with van der Waals surface area (Å²) >= 11 is 0. The first-order valence-corrected chi connectivity index (χ1v) is 4.90. The van der Waals surface area contributed by atoms with Crippen LogP contribution < -0.4 is 0 Å². The van der Waals surface area contributed by atoms with Crippen LogP contribution in [-0.4, -0.2) is 36.1 Å². The molecule has 1 nitrogen and oxygen atoms in total. The molecule has 0 aromatic carbocycles. The number of hydrogen-bond donors (Lipinski definition) is 0. The second-order valence-electron chi connectivity index (χ2n) is 4.01. The molecular weight excluding hydrogens is 217 g/mol. The largest absolute Gasteiger partial charge is 0.426 e. The van der Waals surface area contributed by atoms with Crippen LogP contribution in [0.5, 0.6) is 0 Å². The minimum Gasteiger partial charge on any atom is -0.271 e. The third-order valence-electron chi connectivity index (χ3n) is 2.71. The van der Waals surface area contributed by atoms with Crippen molar-refractivity contribution in [3.63, 3.8) is 0 Å². The summed E-state index contributed by atoms with van der Waals surface area (Å²) in [4.78, 5) is 0.928. The van der Waals surface area contributed by atoms with E-state index in [-0.39, 0.29) is 20.0 Å². The molecule has 0 aromatic heterocycles. The van der Waals surface area contributed by atoms with Crippen LogP contribution in [0.2, 0.25) is 0 Å². The Morgan fingerprint density at radius 3 is 1.87 bits per heavy atom. The molecule has 0 radical (unpaired) electrons. The molecule has 0 amide bonds. The molecule has 0 N–H and O–H groups in total. The van der Waals surface area contributed by atoms with E-state index in [1.807, 2.05) is 0 Å². The van der Waals surface area contributed by atoms with Gasteiger partial charge in [-0.3, -0.25) is 4.90 Å². The molecular formula is C9H14F5N. The number of rotatable bonds is 2. The summed E-state index contributed by atoms with van der Waals surface area (Å²) in [5, 5.41) is 0. The molecule has 0 aliphatic carbocycles. The second-order valence-corrected chi connectivity index (χ2v) is 4.01. The van der Waals surface area contributed by atoms with E-state index in [2.05, 4.69) is 0 Å². The van der Waals surface area contributed by atoms with Crippen LogP contribution in [0.3, 0.4) is 0 Å². The predicted molar refractivity (Wildman–Crippen MR) is 45.9 cm³/mol. The van der Waals surface area contributed by atoms with Crippen LogP contribution in [0.1, 0.15) is 26.2 Å². The first-order chi connectivity index (χ1) is 6.77. The van der Waals surface area contributed by atoms with E-state index in [9.17, 15) is 22.0 Å². The van der Waals surface area contributed by atoms with Gasteiger partial charge in [-0.15, -0.1) is 0 Å². The van der Waals surface area contributed by atoms with E-state index < -0.39 is 18.1 Å². The van der Waals surface area contributed by atoms with E-state index in [0.717, 1.165) is 11.3 Å². The molecule has 1 fully saturated rings. The maximum atomic E-state index is 13.4. The van der Waals surface area contributed by atoms with Gasteiger partial charge in [-0.25, -0.2) is 8.78 Å². The fourth-order valence-corrected chi connectivity index (χ4v) is 1.62. The molecule has 0 saturated carbocycles. The predicted octanol–water partition coefficient (Wildman–Crippen LogP) is 3.06. The molecule has 0 spiro atoms. The van der Waals surface area contributed by atoms with Gasteiger partial charge in [-0.1, -0.05) is 6.42 Å². The molecule has 1 aliphatic rings. The van der Waals surface area contributed by atoms with E-state index in [1.54, 1.807) is 0 Å². The third kappa shape index (κ3) is 2.59. The summed E-state index contributed by atoms with van der Waals surface area (Å²) in [7, 11) is 0. The Morgan fingerprint density at radius 1 is 1.00 bits per heavy atom. The minimum atomic E-state index is -5.16. The Bertz CT molecular complexity index is 207. The highest BCUT2D eigenvalue weighted by Gasteiger charge is 2.59. The van der Waals surface area contributed by atoms with Gasteiger partial charge in [-0.2, -0.15) is 13.2 Å². The summed E-state index contributed by atoms with van der Waals surface area (Å²) in [6, 6.07) is 0. The fraction of sp³-hybridized carbons (Fsp3) is 1.00. The molecule has 0 aromatic rings. The molecule has 2 unspecified atom stereocenters. The number of halogens is 5. The number of alkyl halides is 5. The highest BCUT2D eigenvalue weighted by Crippen LogP contribution is 2.39. The van der Waals surface area contributed by atoms with Gasteiger partial charge in [0.15, 0.2) is 6.30 Å². The first kappa shape index (κ1) is 12.7. The molecule has 0 bridgehead atoms. The van der Waals surface area contributed by atoms with Crippen LogP contribution in [0.15, 0.2) is 0 Å². The summed E-state index contributed by atoms with van der Waals surface area (Å²) in [5.74, 6) is 0. The number of hydrogen-bond acceptors (Lipinski definition) is 1. The molecule has 90 valence electrons. The lowest BCUT2D eigenvalue weighted by Crippen LogP contribution is -2.55. The van der Waals surface area contributed by atoms with Gasteiger partial charge in [0, 0.05) is 13.1 Å². The highest BCUT2D eigenvalue weighted by atomic mass is 19.4. The van der Waals surface area contributed by atoms with Crippen LogP contribution in [0.25, 0.3) is 0 Å². The SMILES string of the molecule is CC(F)(C(F)N1CCCCC1)C(F)(F)F. The Morgan fingerprint density at radius 2 is 1.47 bits per heavy atom. The highest BCUT2D eigenvalue weighted by molar-refractivity contribution is 4.90. The summed E-state index contributed by atoms with van der Waals surface area (Å²) in [6.07, 6.45) is -5.66. The van der Waals surface area contributed by atoms with Gasteiger partial charge >= 0.3 is 6.18 Å². The Balaban J connectivity index is 2.69. The number of piperidine rings is 1.